The molecular formula is C21H23F6N3O. The van der Waals surface area contributed by atoms with Gasteiger partial charge in [0, 0.05) is 44.2 Å². The molecule has 3 rings (SSSR count). The molecule has 0 aliphatic carbocycles. The van der Waals surface area contributed by atoms with Crippen molar-refractivity contribution < 1.29 is 31.1 Å². The molecule has 0 radical (unpaired) electrons. The smallest absolute Gasteiger partial charge is 0.417 e. The maximum Gasteiger partial charge on any atom is 0.417 e. The van der Waals surface area contributed by atoms with Crippen molar-refractivity contribution in [2.24, 2.45) is 0 Å². The van der Waals surface area contributed by atoms with E-state index in [0.717, 1.165) is 24.4 Å². The third-order valence-corrected chi connectivity index (χ3v) is 5.01. The Morgan fingerprint density at radius 2 is 1.58 bits per heavy atom. The highest BCUT2D eigenvalue weighted by Gasteiger charge is 2.32. The highest BCUT2D eigenvalue weighted by Crippen LogP contribution is 2.34. The van der Waals surface area contributed by atoms with Crippen LogP contribution in [0, 0.1) is 0 Å². The fourth-order valence-electron chi connectivity index (χ4n) is 3.46. The minimum atomic E-state index is -4.43. The van der Waals surface area contributed by atoms with Crippen LogP contribution in [0.15, 0.2) is 36.5 Å². The summed E-state index contributed by atoms with van der Waals surface area (Å²) in [7, 11) is 3.53. The van der Waals surface area contributed by atoms with Crippen molar-refractivity contribution in [3.8, 4) is 5.75 Å². The Labute approximate surface area is 176 Å². The predicted octanol–water partition coefficient (Wildman–Crippen LogP) is 5.23. The van der Waals surface area contributed by atoms with Gasteiger partial charge in [0.05, 0.1) is 11.1 Å². The third-order valence-electron chi connectivity index (χ3n) is 5.01. The first-order valence-corrected chi connectivity index (χ1v) is 9.73. The maximum absolute atomic E-state index is 13.1. The molecule has 1 saturated heterocycles. The SMILES string of the molecule is CN(C)Cc1cc(C(F)(F)F)ccc1OC1CCN(c2ccc(C(F)(F)F)cn2)CC1. The fraction of sp³-hybridized carbons (Fsp3) is 0.476. The lowest BCUT2D eigenvalue weighted by Gasteiger charge is -2.33. The quantitative estimate of drug-likeness (QED) is 0.587. The molecule has 170 valence electrons. The minimum absolute atomic E-state index is 0.205. The summed E-state index contributed by atoms with van der Waals surface area (Å²) in [6.07, 6.45) is -7.11. The standard InChI is InChI=1S/C21H23F6N3O/c1-29(2)13-14-11-15(20(22,23)24)3-5-18(14)31-17-7-9-30(10-8-17)19-6-4-16(12-28-19)21(25,26)27/h3-6,11-12,17H,7-10,13H2,1-2H3. The molecular weight excluding hydrogens is 424 g/mol. The number of pyridine rings is 1. The molecule has 0 saturated carbocycles. The highest BCUT2D eigenvalue weighted by atomic mass is 19.4. The Balaban J connectivity index is 1.65. The van der Waals surface area contributed by atoms with Crippen LogP contribution in [-0.4, -0.2) is 43.2 Å². The van der Waals surface area contributed by atoms with Gasteiger partial charge in [-0.1, -0.05) is 0 Å². The van der Waals surface area contributed by atoms with Crippen LogP contribution in [0.4, 0.5) is 32.2 Å². The van der Waals surface area contributed by atoms with Gasteiger partial charge < -0.3 is 14.5 Å². The first-order valence-electron chi connectivity index (χ1n) is 9.73. The van der Waals surface area contributed by atoms with E-state index in [9.17, 15) is 26.3 Å². The zero-order chi connectivity index (χ0) is 22.8. The molecule has 4 nitrogen and oxygen atoms in total. The fourth-order valence-corrected chi connectivity index (χ4v) is 3.46. The molecule has 0 bridgehead atoms. The zero-order valence-electron chi connectivity index (χ0n) is 17.1. The topological polar surface area (TPSA) is 28.6 Å². The summed E-state index contributed by atoms with van der Waals surface area (Å²) in [5, 5.41) is 0. The number of alkyl halides is 6. The second-order valence-electron chi connectivity index (χ2n) is 7.77. The molecule has 0 amide bonds. The Kier molecular flexibility index (Phi) is 6.68. The van der Waals surface area contributed by atoms with Crippen LogP contribution in [0.3, 0.4) is 0 Å². The Morgan fingerprint density at radius 1 is 0.968 bits per heavy atom. The average Bonchev–Trinajstić information content (AvgIpc) is 2.68. The summed E-state index contributed by atoms with van der Waals surface area (Å²) in [6, 6.07) is 5.81. The maximum atomic E-state index is 13.1. The van der Waals surface area contributed by atoms with Gasteiger partial charge in [0.15, 0.2) is 0 Å². The lowest BCUT2D eigenvalue weighted by Crippen LogP contribution is -2.38. The normalized spacial score (nSPS) is 16.1. The van der Waals surface area contributed by atoms with E-state index in [2.05, 4.69) is 4.98 Å². The van der Waals surface area contributed by atoms with E-state index in [4.69, 9.17) is 4.74 Å². The van der Waals surface area contributed by atoms with E-state index in [0.29, 0.717) is 49.6 Å². The number of aromatic nitrogens is 1. The van der Waals surface area contributed by atoms with Crippen LogP contribution in [-0.2, 0) is 18.9 Å². The average molecular weight is 447 g/mol. The molecule has 1 aliphatic heterocycles. The number of nitrogens with zero attached hydrogens (tertiary/aromatic N) is 3. The van der Waals surface area contributed by atoms with Gasteiger partial charge in [-0.05, 0) is 44.4 Å². The molecule has 0 unspecified atom stereocenters. The second-order valence-corrected chi connectivity index (χ2v) is 7.77. The molecule has 0 spiro atoms. The molecule has 0 atom stereocenters. The van der Waals surface area contributed by atoms with Gasteiger partial charge >= 0.3 is 12.4 Å². The van der Waals surface area contributed by atoms with E-state index >= 15 is 0 Å². The molecule has 10 heteroatoms. The van der Waals surface area contributed by atoms with Gasteiger partial charge in [-0.2, -0.15) is 26.3 Å². The van der Waals surface area contributed by atoms with Crippen LogP contribution in [0.1, 0.15) is 29.5 Å². The van der Waals surface area contributed by atoms with Gasteiger partial charge in [0.25, 0.3) is 0 Å². The molecule has 1 aromatic heterocycles. The largest absolute Gasteiger partial charge is 0.490 e. The van der Waals surface area contributed by atoms with E-state index < -0.39 is 23.5 Å². The van der Waals surface area contributed by atoms with Crippen molar-refractivity contribution in [3.05, 3.63) is 53.2 Å². The van der Waals surface area contributed by atoms with Crippen molar-refractivity contribution in [2.75, 3.05) is 32.1 Å². The van der Waals surface area contributed by atoms with E-state index in [1.54, 1.807) is 19.0 Å². The van der Waals surface area contributed by atoms with Crippen molar-refractivity contribution in [2.45, 2.75) is 37.8 Å². The molecule has 0 N–H and O–H groups in total. The van der Waals surface area contributed by atoms with Crippen LogP contribution in [0.2, 0.25) is 0 Å². The van der Waals surface area contributed by atoms with Crippen LogP contribution in [0.25, 0.3) is 0 Å². The number of piperidine rings is 1. The number of rotatable bonds is 5. The van der Waals surface area contributed by atoms with Crippen LogP contribution in [0.5, 0.6) is 5.75 Å². The summed E-state index contributed by atoms with van der Waals surface area (Å²) in [5.74, 6) is 0.863. The highest BCUT2D eigenvalue weighted by molar-refractivity contribution is 5.41. The van der Waals surface area contributed by atoms with Crippen molar-refractivity contribution >= 4 is 5.82 Å². The molecule has 2 aromatic rings. The minimum Gasteiger partial charge on any atom is -0.490 e. The molecule has 1 fully saturated rings. The lowest BCUT2D eigenvalue weighted by molar-refractivity contribution is -0.138. The Morgan fingerprint density at radius 3 is 2.10 bits per heavy atom. The molecule has 31 heavy (non-hydrogen) atoms. The first kappa shape index (κ1) is 23.2. The van der Waals surface area contributed by atoms with Crippen molar-refractivity contribution in [1.29, 1.82) is 0 Å². The van der Waals surface area contributed by atoms with E-state index in [1.165, 1.54) is 12.1 Å². The third kappa shape index (κ3) is 6.03. The van der Waals surface area contributed by atoms with E-state index in [1.807, 2.05) is 4.90 Å². The molecule has 1 aromatic carbocycles. The van der Waals surface area contributed by atoms with Gasteiger partial charge in [0.1, 0.15) is 17.7 Å². The molecule has 1 aliphatic rings. The van der Waals surface area contributed by atoms with Crippen molar-refractivity contribution in [1.82, 2.24) is 9.88 Å². The van der Waals surface area contributed by atoms with Gasteiger partial charge in [0.2, 0.25) is 0 Å². The number of anilines is 1. The monoisotopic (exact) mass is 447 g/mol. The van der Waals surface area contributed by atoms with Crippen LogP contribution >= 0.6 is 0 Å². The van der Waals surface area contributed by atoms with Gasteiger partial charge in [-0.25, -0.2) is 4.98 Å². The van der Waals surface area contributed by atoms with Crippen LogP contribution < -0.4 is 9.64 Å². The predicted molar refractivity (Wildman–Crippen MR) is 104 cm³/mol. The Bertz CT molecular complexity index is 872. The van der Waals surface area contributed by atoms with Gasteiger partial charge in [-0.15, -0.1) is 0 Å². The lowest BCUT2D eigenvalue weighted by atomic mass is 10.1. The first-order chi connectivity index (χ1) is 14.4. The summed E-state index contributed by atoms with van der Waals surface area (Å²) in [5.41, 5.74) is -1.07. The van der Waals surface area contributed by atoms with Crippen molar-refractivity contribution in [3.63, 3.8) is 0 Å². The number of ether oxygens (including phenoxy) is 1. The number of halogens is 6. The number of benzene rings is 1. The summed E-state index contributed by atoms with van der Waals surface area (Å²) in [4.78, 5) is 7.54. The molecule has 2 heterocycles. The summed E-state index contributed by atoms with van der Waals surface area (Å²) < 4.78 is 83.3. The van der Waals surface area contributed by atoms with E-state index in [-0.39, 0.29) is 6.10 Å². The summed E-state index contributed by atoms with van der Waals surface area (Å²) >= 11 is 0. The summed E-state index contributed by atoms with van der Waals surface area (Å²) in [6.45, 7) is 1.34. The number of hydrogen-bond donors (Lipinski definition) is 0. The van der Waals surface area contributed by atoms with Gasteiger partial charge in [-0.3, -0.25) is 0 Å². The number of hydrogen-bond acceptors (Lipinski definition) is 4. The second kappa shape index (κ2) is 8.94. The zero-order valence-corrected chi connectivity index (χ0v) is 17.1. The Hall–Kier alpha value is -2.49.